The van der Waals surface area contributed by atoms with Crippen molar-refractivity contribution in [2.45, 2.75) is 43.8 Å². The van der Waals surface area contributed by atoms with Gasteiger partial charge in [-0.3, -0.25) is 10.2 Å². The van der Waals surface area contributed by atoms with E-state index in [4.69, 9.17) is 14.6 Å². The Kier molecular flexibility index (Phi) is 7.17. The lowest BCUT2D eigenvalue weighted by atomic mass is 9.70. The molecule has 1 saturated heterocycles. The average Bonchev–Trinajstić information content (AvgIpc) is 2.72. The number of rotatable bonds is 6. The van der Waals surface area contributed by atoms with E-state index in [2.05, 4.69) is 10.9 Å². The average molecular weight is 481 g/mol. The summed E-state index contributed by atoms with van der Waals surface area (Å²) in [5.74, 6) is -1.02. The van der Waals surface area contributed by atoms with Crippen LogP contribution < -0.4 is 16.0 Å². The summed E-state index contributed by atoms with van der Waals surface area (Å²) in [4.78, 5) is 12.4. The Hall–Kier alpha value is -1.77. The summed E-state index contributed by atoms with van der Waals surface area (Å²) >= 11 is 0. The van der Waals surface area contributed by atoms with E-state index in [1.54, 1.807) is 0 Å². The van der Waals surface area contributed by atoms with Crippen LogP contribution in [0.15, 0.2) is 18.2 Å². The zero-order valence-electron chi connectivity index (χ0n) is 17.8. The summed E-state index contributed by atoms with van der Waals surface area (Å²) in [5, 5.41) is 5.01. The first kappa shape index (κ1) is 24.9. The minimum atomic E-state index is -4.72. The summed E-state index contributed by atoms with van der Waals surface area (Å²) in [5.41, 5.74) is 4.52. The van der Waals surface area contributed by atoms with Gasteiger partial charge < -0.3 is 9.47 Å². The molecule has 1 aromatic rings. The van der Waals surface area contributed by atoms with E-state index < -0.39 is 40.5 Å². The van der Waals surface area contributed by atoms with Crippen molar-refractivity contribution >= 4 is 16.1 Å². The second kappa shape index (κ2) is 9.23. The maximum absolute atomic E-state index is 13.8. The van der Waals surface area contributed by atoms with Crippen molar-refractivity contribution in [3.8, 4) is 0 Å². The molecule has 2 fully saturated rings. The number of ether oxygens (including phenoxy) is 2. The fraction of sp³-hybridized carbons (Fsp3) is 0.632. The molecule has 3 rings (SSSR count). The largest absolute Gasteiger partial charge is 0.416 e. The maximum Gasteiger partial charge on any atom is 0.416 e. The Morgan fingerprint density at radius 1 is 1.19 bits per heavy atom. The van der Waals surface area contributed by atoms with Crippen molar-refractivity contribution in [2.75, 3.05) is 21.3 Å². The fourth-order valence-electron chi connectivity index (χ4n) is 4.53. The molecule has 13 heteroatoms. The molecule has 5 unspecified atom stereocenters. The first-order valence-electron chi connectivity index (χ1n) is 9.91. The molecule has 2 aliphatic rings. The van der Waals surface area contributed by atoms with Crippen molar-refractivity contribution in [3.63, 3.8) is 0 Å². The van der Waals surface area contributed by atoms with Gasteiger partial charge in [0, 0.05) is 33.7 Å². The van der Waals surface area contributed by atoms with E-state index >= 15 is 0 Å². The van der Waals surface area contributed by atoms with E-state index in [-0.39, 0.29) is 29.6 Å². The Labute approximate surface area is 184 Å². The molecule has 1 aromatic carbocycles. The van der Waals surface area contributed by atoms with Crippen molar-refractivity contribution < 1.29 is 35.9 Å². The number of hydrazine groups is 1. The molecule has 5 atom stereocenters. The highest BCUT2D eigenvalue weighted by Crippen LogP contribution is 2.43. The second-order valence-corrected chi connectivity index (χ2v) is 9.77. The molecule has 1 saturated carbocycles. The molecular weight excluding hydrogens is 453 g/mol. The Morgan fingerprint density at radius 3 is 2.38 bits per heavy atom. The quantitative estimate of drug-likeness (QED) is 0.560. The van der Waals surface area contributed by atoms with E-state index in [1.807, 2.05) is 0 Å². The second-order valence-electron chi connectivity index (χ2n) is 8.12. The van der Waals surface area contributed by atoms with Gasteiger partial charge in [0.05, 0.1) is 23.8 Å². The van der Waals surface area contributed by atoms with E-state index in [9.17, 15) is 26.4 Å². The number of hydrogen-bond acceptors (Lipinski definition) is 6. The van der Waals surface area contributed by atoms with Crippen LogP contribution in [0.25, 0.3) is 0 Å². The van der Waals surface area contributed by atoms with Crippen LogP contribution >= 0.6 is 0 Å². The van der Waals surface area contributed by atoms with Crippen molar-refractivity contribution in [1.29, 1.82) is 0 Å². The lowest BCUT2D eigenvalue weighted by Gasteiger charge is -2.46. The van der Waals surface area contributed by atoms with Crippen LogP contribution in [-0.4, -0.2) is 52.1 Å². The molecule has 0 aromatic heterocycles. The van der Waals surface area contributed by atoms with Gasteiger partial charge in [-0.05, 0) is 36.0 Å². The van der Waals surface area contributed by atoms with Gasteiger partial charge >= 0.3 is 6.18 Å². The maximum atomic E-state index is 13.8. The normalized spacial score (nSPS) is 29.0. The van der Waals surface area contributed by atoms with Crippen LogP contribution in [0.3, 0.4) is 0 Å². The molecule has 1 heterocycles. The van der Waals surface area contributed by atoms with Crippen LogP contribution in [0.1, 0.15) is 35.6 Å². The monoisotopic (exact) mass is 480 g/mol. The smallest absolute Gasteiger partial charge is 0.379 e. The molecule has 1 aliphatic carbocycles. The number of amides is 1. The summed E-state index contributed by atoms with van der Waals surface area (Å²) < 4.78 is 76.0. The third kappa shape index (κ3) is 5.07. The van der Waals surface area contributed by atoms with Gasteiger partial charge in [0.15, 0.2) is 0 Å². The predicted octanol–water partition coefficient (Wildman–Crippen LogP) is 1.07. The molecule has 1 amide bonds. The lowest BCUT2D eigenvalue weighted by Crippen LogP contribution is -2.59. The van der Waals surface area contributed by atoms with Crippen LogP contribution in [0, 0.1) is 11.8 Å². The summed E-state index contributed by atoms with van der Waals surface area (Å²) in [6, 6.07) is 3.13. The number of carbonyl (C=O) groups is 1. The van der Waals surface area contributed by atoms with Crippen LogP contribution in [-0.2, 0) is 37.2 Å². The Morgan fingerprint density at radius 2 is 1.81 bits per heavy atom. The number of fused-ring (bicyclic) bond motifs is 1. The Balaban J connectivity index is 1.97. The van der Waals surface area contributed by atoms with Crippen molar-refractivity contribution in [1.82, 2.24) is 15.2 Å². The minimum Gasteiger partial charge on any atom is -0.379 e. The first-order chi connectivity index (χ1) is 14.9. The molecule has 32 heavy (non-hydrogen) atoms. The number of alkyl halides is 3. The number of benzene rings is 1. The minimum absolute atomic E-state index is 0.230. The third-order valence-corrected chi connectivity index (χ3v) is 7.27. The fourth-order valence-corrected chi connectivity index (χ4v) is 4.84. The highest BCUT2D eigenvalue weighted by molar-refractivity contribution is 7.86. The van der Waals surface area contributed by atoms with Crippen LogP contribution in [0.5, 0.6) is 0 Å². The molecule has 0 spiro atoms. The molecule has 180 valence electrons. The Bertz CT molecular complexity index is 959. The van der Waals surface area contributed by atoms with Gasteiger partial charge in [-0.1, -0.05) is 12.1 Å². The summed E-state index contributed by atoms with van der Waals surface area (Å²) in [6.07, 6.45) is -4.52. The molecular formula is C19H27F3N4O5S. The van der Waals surface area contributed by atoms with Gasteiger partial charge in [0.2, 0.25) is 5.91 Å². The van der Waals surface area contributed by atoms with Crippen molar-refractivity contribution in [2.24, 2.45) is 17.0 Å². The van der Waals surface area contributed by atoms with Crippen LogP contribution in [0.2, 0.25) is 0 Å². The summed E-state index contributed by atoms with van der Waals surface area (Å²) in [7, 11) is 0.00706. The zero-order chi connectivity index (χ0) is 23.8. The van der Waals surface area contributed by atoms with Gasteiger partial charge in [-0.25, -0.2) is 10.6 Å². The summed E-state index contributed by atoms with van der Waals surface area (Å²) in [6.45, 7) is -0.532. The number of hydrogen-bond donors (Lipinski definition) is 3. The topological polar surface area (TPSA) is 123 Å². The lowest BCUT2D eigenvalue weighted by molar-refractivity contribution is -0.146. The molecule has 0 bridgehead atoms. The van der Waals surface area contributed by atoms with E-state index in [0.717, 1.165) is 13.1 Å². The number of nitrogens with two attached hydrogens (primary N) is 1. The van der Waals surface area contributed by atoms with Gasteiger partial charge in [0.25, 0.3) is 10.2 Å². The third-order valence-electron chi connectivity index (χ3n) is 6.27. The highest BCUT2D eigenvalue weighted by atomic mass is 32.2. The van der Waals surface area contributed by atoms with E-state index in [1.165, 1.54) is 26.4 Å². The number of carbonyl (C=O) groups excluding carboxylic acids is 1. The zero-order valence-corrected chi connectivity index (χ0v) is 18.7. The molecule has 1 aliphatic heterocycles. The number of methoxy groups -OCH3 is 2. The number of nitrogens with zero attached hydrogens (tertiary/aromatic N) is 1. The van der Waals surface area contributed by atoms with Crippen molar-refractivity contribution in [3.05, 3.63) is 34.9 Å². The van der Waals surface area contributed by atoms with Gasteiger partial charge in [-0.15, -0.1) is 0 Å². The van der Waals surface area contributed by atoms with Crippen LogP contribution in [0.4, 0.5) is 13.2 Å². The number of halogens is 3. The molecule has 4 N–H and O–H groups in total. The number of nitrogens with one attached hydrogen (secondary N) is 2. The van der Waals surface area contributed by atoms with E-state index in [0.29, 0.717) is 22.7 Å². The van der Waals surface area contributed by atoms with Gasteiger partial charge in [0.1, 0.15) is 0 Å². The molecule has 0 radical (unpaired) electrons. The SMILES string of the molecule is COC1CC2C(=O)NNC(c3ccc(CN(C)S(N)(=O)=O)c(C(F)(F)F)c3)C2CC1OC. The standard InChI is InChI=1S/C19H27F3N4O5S/c1-26(32(23,28)29)9-11-5-4-10(6-14(11)19(20,21)22)17-12-7-15(30-2)16(31-3)8-13(12)18(27)25-24-17/h4-6,12-13,15-17,24H,7-9H2,1-3H3,(H,25,27)(H2,23,28,29). The first-order valence-corrected chi connectivity index (χ1v) is 11.4. The molecule has 9 nitrogen and oxygen atoms in total. The highest BCUT2D eigenvalue weighted by Gasteiger charge is 2.47. The predicted molar refractivity (Wildman–Crippen MR) is 108 cm³/mol. The van der Waals surface area contributed by atoms with Gasteiger partial charge in [-0.2, -0.15) is 25.9 Å².